The number of hydrogen-bond acceptors (Lipinski definition) is 4. The van der Waals surface area contributed by atoms with Gasteiger partial charge in [0.25, 0.3) is 0 Å². The van der Waals surface area contributed by atoms with Crippen LogP contribution in [0.2, 0.25) is 5.02 Å². The molecule has 0 aliphatic heterocycles. The fourth-order valence-electron chi connectivity index (χ4n) is 1.79. The zero-order chi connectivity index (χ0) is 14.1. The molecule has 0 aliphatic rings. The third-order valence-corrected chi connectivity index (χ3v) is 3.96. The van der Waals surface area contributed by atoms with E-state index in [4.69, 9.17) is 21.4 Å². The van der Waals surface area contributed by atoms with E-state index < -0.39 is 5.97 Å². The Hall–Kier alpha value is -2.11. The number of ether oxygens (including phenoxy) is 1. The number of rotatable bonds is 3. The lowest BCUT2D eigenvalue weighted by Gasteiger charge is -2.07. The van der Waals surface area contributed by atoms with Gasteiger partial charge in [0.2, 0.25) is 0 Å². The van der Waals surface area contributed by atoms with Crippen molar-refractivity contribution in [1.82, 2.24) is 4.98 Å². The van der Waals surface area contributed by atoms with Crippen molar-refractivity contribution in [2.45, 2.75) is 0 Å². The molecule has 4 nitrogen and oxygen atoms in total. The molecule has 0 bridgehead atoms. The molecule has 1 N–H and O–H groups in total. The lowest BCUT2D eigenvalue weighted by molar-refractivity contribution is 0.0702. The van der Waals surface area contributed by atoms with Crippen molar-refractivity contribution in [2.24, 2.45) is 0 Å². The van der Waals surface area contributed by atoms with Gasteiger partial charge in [-0.05, 0) is 36.4 Å². The molecule has 100 valence electrons. The van der Waals surface area contributed by atoms with E-state index in [-0.39, 0.29) is 4.88 Å². The van der Waals surface area contributed by atoms with Crippen molar-refractivity contribution in [3.63, 3.8) is 0 Å². The molecular formula is C14H8ClNO3S. The summed E-state index contributed by atoms with van der Waals surface area (Å²) in [5, 5.41) is 10.8. The van der Waals surface area contributed by atoms with Gasteiger partial charge >= 0.3 is 5.97 Å². The molecule has 20 heavy (non-hydrogen) atoms. The molecule has 0 unspecified atom stereocenters. The number of carboxylic acid groups (broad SMARTS) is 1. The number of thiophene rings is 1. The first-order valence-corrected chi connectivity index (χ1v) is 6.89. The van der Waals surface area contributed by atoms with Crippen molar-refractivity contribution in [1.29, 1.82) is 0 Å². The van der Waals surface area contributed by atoms with E-state index in [0.717, 1.165) is 16.7 Å². The van der Waals surface area contributed by atoms with Crippen LogP contribution in [0.4, 0.5) is 0 Å². The summed E-state index contributed by atoms with van der Waals surface area (Å²) in [6, 6.07) is 10.2. The van der Waals surface area contributed by atoms with E-state index in [1.165, 1.54) is 6.07 Å². The number of hydrogen-bond donors (Lipinski definition) is 1. The monoisotopic (exact) mass is 305 g/mol. The van der Waals surface area contributed by atoms with E-state index in [1.54, 1.807) is 30.5 Å². The summed E-state index contributed by atoms with van der Waals surface area (Å²) in [6.07, 6.45) is 1.66. The topological polar surface area (TPSA) is 59.4 Å². The van der Waals surface area contributed by atoms with Crippen molar-refractivity contribution in [3.8, 4) is 10.8 Å². The van der Waals surface area contributed by atoms with Gasteiger partial charge in [-0.3, -0.25) is 4.98 Å². The number of halogens is 1. The van der Waals surface area contributed by atoms with Crippen LogP contribution in [0, 0.1) is 0 Å². The molecule has 0 atom stereocenters. The zero-order valence-corrected chi connectivity index (χ0v) is 11.6. The van der Waals surface area contributed by atoms with Crippen molar-refractivity contribution in [2.75, 3.05) is 0 Å². The molecule has 0 fully saturated rings. The standard InChI is InChI=1S/C14H8ClNO3S/c15-9-3-4-10(13-8(9)2-1-7-16-13)19-12-6-5-11(20-12)14(17)18/h1-7H,(H,17,18). The molecule has 0 amide bonds. The first kappa shape index (κ1) is 12.9. The predicted octanol–water partition coefficient (Wildman–Crippen LogP) is 4.44. The maximum atomic E-state index is 10.8. The number of aromatic carboxylic acids is 1. The van der Waals surface area contributed by atoms with Crippen molar-refractivity contribution in [3.05, 3.63) is 52.5 Å². The Bertz CT molecular complexity index is 800. The number of nitrogens with zero attached hydrogens (tertiary/aromatic N) is 1. The molecular weight excluding hydrogens is 298 g/mol. The fourth-order valence-corrected chi connectivity index (χ4v) is 2.72. The second-order valence-electron chi connectivity index (χ2n) is 3.97. The van der Waals surface area contributed by atoms with E-state index in [9.17, 15) is 4.79 Å². The van der Waals surface area contributed by atoms with Gasteiger partial charge in [-0.15, -0.1) is 0 Å². The maximum absolute atomic E-state index is 10.8. The van der Waals surface area contributed by atoms with Crippen LogP contribution in [0.1, 0.15) is 9.67 Å². The van der Waals surface area contributed by atoms with E-state index in [2.05, 4.69) is 4.98 Å². The van der Waals surface area contributed by atoms with Crippen molar-refractivity contribution >= 4 is 39.8 Å². The molecule has 0 aliphatic carbocycles. The van der Waals surface area contributed by atoms with E-state index in [1.807, 2.05) is 6.07 Å². The van der Waals surface area contributed by atoms with Gasteiger partial charge in [0, 0.05) is 11.6 Å². The Balaban J connectivity index is 2.02. The van der Waals surface area contributed by atoms with Gasteiger partial charge in [-0.1, -0.05) is 22.9 Å². The van der Waals surface area contributed by atoms with Crippen LogP contribution in [-0.4, -0.2) is 16.1 Å². The second-order valence-corrected chi connectivity index (χ2v) is 5.42. The molecule has 0 saturated carbocycles. The highest BCUT2D eigenvalue weighted by molar-refractivity contribution is 7.15. The molecule has 0 radical (unpaired) electrons. The van der Waals surface area contributed by atoms with Gasteiger partial charge in [0.1, 0.15) is 10.4 Å². The van der Waals surface area contributed by atoms with Crippen LogP contribution < -0.4 is 4.74 Å². The summed E-state index contributed by atoms with van der Waals surface area (Å²) >= 11 is 7.17. The molecule has 2 aromatic heterocycles. The number of aromatic nitrogens is 1. The Morgan fingerprint density at radius 1 is 1.25 bits per heavy atom. The summed E-state index contributed by atoms with van der Waals surface area (Å²) in [7, 11) is 0. The van der Waals surface area contributed by atoms with E-state index >= 15 is 0 Å². The summed E-state index contributed by atoms with van der Waals surface area (Å²) < 4.78 is 5.71. The SMILES string of the molecule is O=C(O)c1ccc(Oc2ccc(Cl)c3cccnc23)s1. The van der Waals surface area contributed by atoms with Crippen LogP contribution in [-0.2, 0) is 0 Å². The highest BCUT2D eigenvalue weighted by atomic mass is 35.5. The van der Waals surface area contributed by atoms with Gasteiger partial charge < -0.3 is 9.84 Å². The Kier molecular flexibility index (Phi) is 3.30. The van der Waals surface area contributed by atoms with Gasteiger partial charge in [0.15, 0.2) is 10.8 Å². The van der Waals surface area contributed by atoms with Crippen molar-refractivity contribution < 1.29 is 14.6 Å². The first-order valence-electron chi connectivity index (χ1n) is 5.69. The van der Waals surface area contributed by atoms with Crippen LogP contribution in [0.3, 0.4) is 0 Å². The van der Waals surface area contributed by atoms with Crippen LogP contribution >= 0.6 is 22.9 Å². The molecule has 3 aromatic rings. The molecule has 0 spiro atoms. The number of carbonyl (C=O) groups is 1. The predicted molar refractivity (Wildman–Crippen MR) is 78.1 cm³/mol. The average molecular weight is 306 g/mol. The number of fused-ring (bicyclic) bond motifs is 1. The fraction of sp³-hybridized carbons (Fsp3) is 0. The summed E-state index contributed by atoms with van der Waals surface area (Å²) in [6.45, 7) is 0. The smallest absolute Gasteiger partial charge is 0.345 e. The minimum Gasteiger partial charge on any atom is -0.477 e. The molecule has 0 saturated heterocycles. The van der Waals surface area contributed by atoms with Crippen LogP contribution in [0.25, 0.3) is 10.9 Å². The lowest BCUT2D eigenvalue weighted by atomic mass is 10.2. The average Bonchev–Trinajstić information content (AvgIpc) is 2.91. The Morgan fingerprint density at radius 3 is 2.85 bits per heavy atom. The van der Waals surface area contributed by atoms with Gasteiger partial charge in [-0.2, -0.15) is 0 Å². The normalized spacial score (nSPS) is 10.7. The number of pyridine rings is 1. The first-order chi connectivity index (χ1) is 9.65. The van der Waals surface area contributed by atoms with E-state index in [0.29, 0.717) is 21.4 Å². The largest absolute Gasteiger partial charge is 0.477 e. The second kappa shape index (κ2) is 5.11. The lowest BCUT2D eigenvalue weighted by Crippen LogP contribution is -1.89. The van der Waals surface area contributed by atoms with Crippen LogP contribution in [0.15, 0.2) is 42.6 Å². The zero-order valence-electron chi connectivity index (χ0n) is 10.0. The van der Waals surface area contributed by atoms with Crippen LogP contribution in [0.5, 0.6) is 10.8 Å². The van der Waals surface area contributed by atoms with Gasteiger partial charge in [0.05, 0.1) is 5.02 Å². The highest BCUT2D eigenvalue weighted by Gasteiger charge is 2.11. The maximum Gasteiger partial charge on any atom is 0.345 e. The molecule has 3 rings (SSSR count). The molecule has 6 heteroatoms. The summed E-state index contributed by atoms with van der Waals surface area (Å²) in [5.74, 6) is -0.423. The van der Waals surface area contributed by atoms with Gasteiger partial charge in [-0.25, -0.2) is 4.79 Å². The minimum atomic E-state index is -0.969. The number of carboxylic acids is 1. The third-order valence-electron chi connectivity index (χ3n) is 2.68. The minimum absolute atomic E-state index is 0.228. The quantitative estimate of drug-likeness (QED) is 0.777. The summed E-state index contributed by atoms with van der Waals surface area (Å²) in [4.78, 5) is 15.3. The summed E-state index contributed by atoms with van der Waals surface area (Å²) in [5.41, 5.74) is 0.644. The highest BCUT2D eigenvalue weighted by Crippen LogP contribution is 2.35. The molecule has 1 aromatic carbocycles. The Morgan fingerprint density at radius 2 is 2.10 bits per heavy atom. The Labute approximate surface area is 123 Å². The third kappa shape index (κ3) is 2.33. The number of benzene rings is 1. The molecule has 2 heterocycles.